The SMILES string of the molecule is COc1ccccc1CCN1COc2ccc3c(c2C1)O/C(=C\c1sccc1C)C3=O. The largest absolute Gasteiger partial charge is 0.496 e. The van der Waals surface area contributed by atoms with Crippen LogP contribution in [0.15, 0.2) is 53.6 Å². The summed E-state index contributed by atoms with van der Waals surface area (Å²) in [6.07, 6.45) is 2.69. The Morgan fingerprint density at radius 3 is 2.87 bits per heavy atom. The number of fused-ring (bicyclic) bond motifs is 3. The monoisotopic (exact) mass is 433 g/mol. The summed E-state index contributed by atoms with van der Waals surface area (Å²) in [5.41, 5.74) is 3.84. The predicted octanol–water partition coefficient (Wildman–Crippen LogP) is 5.08. The van der Waals surface area contributed by atoms with Gasteiger partial charge in [-0.05, 0) is 54.1 Å². The van der Waals surface area contributed by atoms with Crippen molar-refractivity contribution in [2.75, 3.05) is 20.4 Å². The zero-order chi connectivity index (χ0) is 21.4. The molecule has 2 aromatic carbocycles. The molecular formula is C25H23NO4S. The lowest BCUT2D eigenvalue weighted by atomic mass is 10.0. The number of carbonyl (C=O) groups excluding carboxylic acids is 1. The smallest absolute Gasteiger partial charge is 0.232 e. The van der Waals surface area contributed by atoms with Crippen molar-refractivity contribution in [2.45, 2.75) is 19.9 Å². The second-order valence-electron chi connectivity index (χ2n) is 7.71. The lowest BCUT2D eigenvalue weighted by Gasteiger charge is -2.29. The number of thiophene rings is 1. The molecule has 0 saturated heterocycles. The Hall–Kier alpha value is -3.09. The molecule has 0 atom stereocenters. The second kappa shape index (κ2) is 8.21. The fraction of sp³-hybridized carbons (Fsp3) is 0.240. The number of aryl methyl sites for hydroxylation is 1. The van der Waals surface area contributed by atoms with Crippen LogP contribution in [0.4, 0.5) is 0 Å². The fourth-order valence-corrected chi connectivity index (χ4v) is 4.84. The summed E-state index contributed by atoms with van der Waals surface area (Å²) < 4.78 is 17.5. The third-order valence-electron chi connectivity index (χ3n) is 5.74. The number of Topliss-reactive ketones (excluding diaryl/α,β-unsaturated/α-hetero) is 1. The van der Waals surface area contributed by atoms with Crippen LogP contribution in [-0.2, 0) is 13.0 Å². The minimum atomic E-state index is -0.0725. The Morgan fingerprint density at radius 2 is 2.06 bits per heavy atom. The van der Waals surface area contributed by atoms with Gasteiger partial charge in [0.25, 0.3) is 0 Å². The van der Waals surface area contributed by atoms with E-state index in [1.165, 1.54) is 0 Å². The summed E-state index contributed by atoms with van der Waals surface area (Å²) in [4.78, 5) is 16.2. The van der Waals surface area contributed by atoms with E-state index in [9.17, 15) is 4.79 Å². The fourth-order valence-electron chi connectivity index (χ4n) is 3.99. The molecule has 0 bridgehead atoms. The Bertz CT molecular complexity index is 1180. The number of allylic oxidation sites excluding steroid dienone is 1. The number of benzene rings is 2. The molecule has 3 aromatic rings. The molecule has 0 N–H and O–H groups in total. The number of methoxy groups -OCH3 is 1. The summed E-state index contributed by atoms with van der Waals surface area (Å²) in [5, 5.41) is 2.02. The maximum absolute atomic E-state index is 12.9. The van der Waals surface area contributed by atoms with Crippen LogP contribution in [-0.4, -0.2) is 31.1 Å². The molecule has 0 spiro atoms. The zero-order valence-corrected chi connectivity index (χ0v) is 18.3. The number of hydrogen-bond acceptors (Lipinski definition) is 6. The van der Waals surface area contributed by atoms with E-state index < -0.39 is 0 Å². The molecule has 2 aliphatic rings. The lowest BCUT2D eigenvalue weighted by molar-refractivity contribution is 0.0948. The minimum Gasteiger partial charge on any atom is -0.496 e. The quantitative estimate of drug-likeness (QED) is 0.526. The molecular weight excluding hydrogens is 410 g/mol. The van der Waals surface area contributed by atoms with Gasteiger partial charge < -0.3 is 14.2 Å². The molecule has 0 saturated carbocycles. The van der Waals surface area contributed by atoms with Gasteiger partial charge >= 0.3 is 0 Å². The Kier molecular flexibility index (Phi) is 5.26. The molecule has 31 heavy (non-hydrogen) atoms. The van der Waals surface area contributed by atoms with Gasteiger partial charge in [0.05, 0.1) is 18.2 Å². The third-order valence-corrected chi connectivity index (χ3v) is 6.70. The van der Waals surface area contributed by atoms with Crippen molar-refractivity contribution in [1.82, 2.24) is 4.90 Å². The number of ketones is 1. The average Bonchev–Trinajstić information content (AvgIpc) is 3.35. The van der Waals surface area contributed by atoms with Gasteiger partial charge in [-0.3, -0.25) is 9.69 Å². The normalized spacial score (nSPS) is 16.6. The number of rotatable bonds is 5. The number of para-hydroxylation sites is 1. The van der Waals surface area contributed by atoms with E-state index >= 15 is 0 Å². The van der Waals surface area contributed by atoms with Crippen LogP contribution in [0, 0.1) is 6.92 Å². The molecule has 0 amide bonds. The van der Waals surface area contributed by atoms with E-state index in [0.29, 0.717) is 30.3 Å². The third kappa shape index (κ3) is 3.73. The van der Waals surface area contributed by atoms with Gasteiger partial charge in [-0.1, -0.05) is 18.2 Å². The van der Waals surface area contributed by atoms with Crippen LogP contribution in [0.25, 0.3) is 6.08 Å². The highest BCUT2D eigenvalue weighted by Crippen LogP contribution is 2.42. The Labute approximate surface area is 185 Å². The van der Waals surface area contributed by atoms with Crippen molar-refractivity contribution in [3.63, 3.8) is 0 Å². The summed E-state index contributed by atoms with van der Waals surface area (Å²) in [5.74, 6) is 2.62. The summed E-state index contributed by atoms with van der Waals surface area (Å²) >= 11 is 1.60. The van der Waals surface area contributed by atoms with Gasteiger partial charge in [-0.25, -0.2) is 0 Å². The number of nitrogens with zero attached hydrogens (tertiary/aromatic N) is 1. The number of hydrogen-bond donors (Lipinski definition) is 0. The van der Waals surface area contributed by atoms with Crippen molar-refractivity contribution in [3.8, 4) is 17.2 Å². The van der Waals surface area contributed by atoms with Gasteiger partial charge in [0, 0.05) is 24.0 Å². The van der Waals surface area contributed by atoms with E-state index in [0.717, 1.165) is 46.0 Å². The van der Waals surface area contributed by atoms with Gasteiger partial charge in [0.15, 0.2) is 5.76 Å². The van der Waals surface area contributed by atoms with Crippen molar-refractivity contribution in [1.29, 1.82) is 0 Å². The van der Waals surface area contributed by atoms with E-state index in [4.69, 9.17) is 14.2 Å². The van der Waals surface area contributed by atoms with Crippen molar-refractivity contribution >= 4 is 23.2 Å². The molecule has 3 heterocycles. The highest BCUT2D eigenvalue weighted by molar-refractivity contribution is 7.11. The van der Waals surface area contributed by atoms with Crippen LogP contribution in [0.3, 0.4) is 0 Å². The molecule has 6 heteroatoms. The van der Waals surface area contributed by atoms with E-state index in [2.05, 4.69) is 11.0 Å². The molecule has 0 unspecified atom stereocenters. The van der Waals surface area contributed by atoms with E-state index in [1.807, 2.05) is 54.8 Å². The first-order valence-corrected chi connectivity index (χ1v) is 11.1. The molecule has 5 rings (SSSR count). The molecule has 0 radical (unpaired) electrons. The van der Waals surface area contributed by atoms with Crippen LogP contribution in [0.1, 0.15) is 31.9 Å². The predicted molar refractivity (Wildman–Crippen MR) is 121 cm³/mol. The second-order valence-corrected chi connectivity index (χ2v) is 8.66. The standard InChI is InChI=1S/C25H23NO4S/c1-16-10-12-31-23(16)13-22-24(27)18-7-8-21-19(25(18)30-22)14-26(15-29-21)11-9-17-5-3-4-6-20(17)28-2/h3-8,10,12-13H,9,11,14-15H2,1-2H3/b22-13-. The topological polar surface area (TPSA) is 48.0 Å². The van der Waals surface area contributed by atoms with Crippen LogP contribution in [0.2, 0.25) is 0 Å². The van der Waals surface area contributed by atoms with Crippen LogP contribution < -0.4 is 14.2 Å². The first-order chi connectivity index (χ1) is 15.1. The number of carbonyl (C=O) groups is 1. The minimum absolute atomic E-state index is 0.0725. The van der Waals surface area contributed by atoms with E-state index in [-0.39, 0.29) is 5.78 Å². The zero-order valence-electron chi connectivity index (χ0n) is 17.5. The van der Waals surface area contributed by atoms with E-state index in [1.54, 1.807) is 18.4 Å². The molecule has 2 aliphatic heterocycles. The maximum Gasteiger partial charge on any atom is 0.232 e. The highest BCUT2D eigenvalue weighted by Gasteiger charge is 2.33. The number of ether oxygens (including phenoxy) is 3. The molecule has 0 aliphatic carbocycles. The van der Waals surface area contributed by atoms with Crippen molar-refractivity contribution in [3.05, 3.63) is 80.7 Å². The molecule has 5 nitrogen and oxygen atoms in total. The van der Waals surface area contributed by atoms with Gasteiger partial charge in [-0.2, -0.15) is 0 Å². The maximum atomic E-state index is 12.9. The summed E-state index contributed by atoms with van der Waals surface area (Å²) in [6, 6.07) is 13.8. The molecule has 1 aromatic heterocycles. The van der Waals surface area contributed by atoms with Crippen molar-refractivity contribution in [2.24, 2.45) is 0 Å². The molecule has 158 valence electrons. The van der Waals surface area contributed by atoms with Crippen molar-refractivity contribution < 1.29 is 19.0 Å². The Balaban J connectivity index is 1.36. The lowest BCUT2D eigenvalue weighted by Crippen LogP contribution is -2.33. The first kappa shape index (κ1) is 19.8. The average molecular weight is 434 g/mol. The van der Waals surface area contributed by atoms with Gasteiger partial charge in [-0.15, -0.1) is 11.3 Å². The van der Waals surface area contributed by atoms with Crippen LogP contribution >= 0.6 is 11.3 Å². The van der Waals surface area contributed by atoms with Gasteiger partial charge in [0.1, 0.15) is 24.0 Å². The first-order valence-electron chi connectivity index (χ1n) is 10.3. The summed E-state index contributed by atoms with van der Waals surface area (Å²) in [7, 11) is 1.69. The summed E-state index contributed by atoms with van der Waals surface area (Å²) in [6.45, 7) is 4.03. The Morgan fingerprint density at radius 1 is 1.19 bits per heavy atom. The van der Waals surface area contributed by atoms with Crippen LogP contribution in [0.5, 0.6) is 17.2 Å². The van der Waals surface area contributed by atoms with Gasteiger partial charge in [0.2, 0.25) is 5.78 Å². The highest BCUT2D eigenvalue weighted by atomic mass is 32.1. The molecule has 0 fully saturated rings.